The predicted molar refractivity (Wildman–Crippen MR) is 127 cm³/mol. The lowest BCUT2D eigenvalue weighted by Gasteiger charge is -2.42. The first-order chi connectivity index (χ1) is 15.9. The number of ether oxygens (including phenoxy) is 1. The van der Waals surface area contributed by atoms with Gasteiger partial charge >= 0.3 is 5.97 Å². The molecular formula is C29H34F2O2. The average molecular weight is 453 g/mol. The molecule has 2 saturated carbocycles. The Hall–Kier alpha value is -2.49. The van der Waals surface area contributed by atoms with Gasteiger partial charge in [-0.2, -0.15) is 0 Å². The number of carbonyl (C=O) groups excluding carboxylic acids is 1. The molecule has 176 valence electrons. The number of aryl methyl sites for hydroxylation is 1. The Kier molecular flexibility index (Phi) is 7.62. The molecule has 4 heteroatoms. The second-order valence-corrected chi connectivity index (χ2v) is 9.92. The highest BCUT2D eigenvalue weighted by molar-refractivity contribution is 5.91. The van der Waals surface area contributed by atoms with Crippen molar-refractivity contribution in [1.82, 2.24) is 0 Å². The van der Waals surface area contributed by atoms with Crippen LogP contribution in [0.3, 0.4) is 0 Å². The van der Waals surface area contributed by atoms with Crippen molar-refractivity contribution >= 4 is 5.97 Å². The van der Waals surface area contributed by atoms with E-state index < -0.39 is 17.6 Å². The van der Waals surface area contributed by atoms with Gasteiger partial charge in [0.1, 0.15) is 5.82 Å². The summed E-state index contributed by atoms with van der Waals surface area (Å²) in [4.78, 5) is 12.4. The van der Waals surface area contributed by atoms with Crippen LogP contribution >= 0.6 is 0 Å². The average Bonchev–Trinajstić information content (AvgIpc) is 2.80. The van der Waals surface area contributed by atoms with Gasteiger partial charge in [0.15, 0.2) is 11.6 Å². The summed E-state index contributed by atoms with van der Waals surface area (Å²) in [6, 6.07) is 9.14. The van der Waals surface area contributed by atoms with Crippen LogP contribution in [0.25, 0.3) is 0 Å². The summed E-state index contributed by atoms with van der Waals surface area (Å²) in [7, 11) is 0. The van der Waals surface area contributed by atoms with E-state index in [1.165, 1.54) is 62.8 Å². The number of hydrogen-bond donors (Lipinski definition) is 0. The van der Waals surface area contributed by atoms with Gasteiger partial charge in [0.05, 0.1) is 5.56 Å². The lowest BCUT2D eigenvalue weighted by molar-refractivity contribution is 0.0723. The molecule has 4 atom stereocenters. The van der Waals surface area contributed by atoms with Crippen LogP contribution in [0, 0.1) is 36.3 Å². The van der Waals surface area contributed by atoms with Crippen LogP contribution in [0.4, 0.5) is 8.78 Å². The van der Waals surface area contributed by atoms with E-state index in [9.17, 15) is 13.6 Å². The first kappa shape index (κ1) is 23.7. The van der Waals surface area contributed by atoms with Crippen molar-refractivity contribution in [2.45, 2.75) is 71.1 Å². The van der Waals surface area contributed by atoms with E-state index in [2.05, 4.69) is 19.1 Å². The summed E-state index contributed by atoms with van der Waals surface area (Å²) in [6.07, 6.45) is 14.2. The molecule has 2 fully saturated rings. The van der Waals surface area contributed by atoms with Crippen molar-refractivity contribution < 1.29 is 18.3 Å². The molecule has 0 saturated heterocycles. The highest BCUT2D eigenvalue weighted by Gasteiger charge is 2.36. The number of fused-ring (bicyclic) bond motifs is 1. The monoisotopic (exact) mass is 452 g/mol. The van der Waals surface area contributed by atoms with Crippen LogP contribution in [-0.4, -0.2) is 5.97 Å². The van der Waals surface area contributed by atoms with E-state index in [-0.39, 0.29) is 11.3 Å². The fourth-order valence-corrected chi connectivity index (χ4v) is 5.84. The second-order valence-electron chi connectivity index (χ2n) is 9.92. The van der Waals surface area contributed by atoms with E-state index in [4.69, 9.17) is 4.74 Å². The predicted octanol–water partition coefficient (Wildman–Crippen LogP) is 8.15. The number of carbonyl (C=O) groups is 1. The van der Waals surface area contributed by atoms with Crippen LogP contribution in [0.15, 0.2) is 48.6 Å². The summed E-state index contributed by atoms with van der Waals surface area (Å²) in [6.45, 7) is 3.83. The second kappa shape index (κ2) is 10.6. The van der Waals surface area contributed by atoms with Crippen molar-refractivity contribution in [3.05, 3.63) is 76.9 Å². The third kappa shape index (κ3) is 5.72. The zero-order valence-electron chi connectivity index (χ0n) is 19.7. The molecule has 2 aliphatic carbocycles. The Morgan fingerprint density at radius 3 is 2.55 bits per heavy atom. The smallest absolute Gasteiger partial charge is 0.346 e. The molecule has 0 spiro atoms. The standard InChI is InChI=1S/C29H34F2O2/c1-3-4-5-6-20-8-9-22-17-23(11-10-21(22)16-20)24-12-13-25(26(30)18-24)29(32)33-28-14-7-19(2)15-27(28)31/h3-4,7,12-15,18,20-23H,5-6,8-11,16-17H2,1-2H3/b4-3+. The molecule has 2 nitrogen and oxygen atoms in total. The highest BCUT2D eigenvalue weighted by Crippen LogP contribution is 2.48. The summed E-state index contributed by atoms with van der Waals surface area (Å²) in [5.41, 5.74) is 1.52. The number of allylic oxidation sites excluding steroid dienone is 2. The Labute approximate surface area is 196 Å². The zero-order valence-corrected chi connectivity index (χ0v) is 19.7. The molecule has 2 aromatic carbocycles. The summed E-state index contributed by atoms with van der Waals surface area (Å²) in [5.74, 6) is 0.414. The van der Waals surface area contributed by atoms with E-state index in [1.807, 2.05) is 6.07 Å². The van der Waals surface area contributed by atoms with Gasteiger partial charge in [-0.25, -0.2) is 13.6 Å². The maximum absolute atomic E-state index is 14.9. The van der Waals surface area contributed by atoms with Gasteiger partial charge < -0.3 is 4.74 Å². The van der Waals surface area contributed by atoms with Gasteiger partial charge in [-0.3, -0.25) is 0 Å². The summed E-state index contributed by atoms with van der Waals surface area (Å²) >= 11 is 0. The lowest BCUT2D eigenvalue weighted by atomic mass is 9.63. The van der Waals surface area contributed by atoms with Crippen molar-refractivity contribution in [1.29, 1.82) is 0 Å². The first-order valence-electron chi connectivity index (χ1n) is 12.3. The van der Waals surface area contributed by atoms with E-state index in [0.717, 1.165) is 41.7 Å². The minimum Gasteiger partial charge on any atom is -0.420 e. The Bertz CT molecular complexity index is 1010. The van der Waals surface area contributed by atoms with Crippen LogP contribution in [0.1, 0.15) is 85.7 Å². The minimum atomic E-state index is -0.873. The summed E-state index contributed by atoms with van der Waals surface area (Å²) < 4.78 is 34.0. The zero-order chi connectivity index (χ0) is 23.4. The van der Waals surface area contributed by atoms with Gasteiger partial charge in [0.25, 0.3) is 0 Å². The first-order valence-corrected chi connectivity index (χ1v) is 12.3. The maximum atomic E-state index is 14.9. The van der Waals surface area contributed by atoms with Gasteiger partial charge in [0.2, 0.25) is 0 Å². The molecule has 33 heavy (non-hydrogen) atoms. The molecule has 0 amide bonds. The minimum absolute atomic E-state index is 0.158. The number of benzene rings is 2. The Morgan fingerprint density at radius 2 is 1.79 bits per heavy atom. The van der Waals surface area contributed by atoms with Crippen LogP contribution < -0.4 is 4.74 Å². The van der Waals surface area contributed by atoms with Crippen LogP contribution in [-0.2, 0) is 0 Å². The third-order valence-electron chi connectivity index (χ3n) is 7.67. The van der Waals surface area contributed by atoms with E-state index in [0.29, 0.717) is 5.92 Å². The molecule has 0 heterocycles. The van der Waals surface area contributed by atoms with Gasteiger partial charge in [-0.1, -0.05) is 30.7 Å². The maximum Gasteiger partial charge on any atom is 0.346 e. The molecule has 0 bridgehead atoms. The fraction of sp³-hybridized carbons (Fsp3) is 0.483. The number of rotatable bonds is 6. The van der Waals surface area contributed by atoms with Crippen molar-refractivity contribution in [3.63, 3.8) is 0 Å². The molecule has 4 rings (SSSR count). The summed E-state index contributed by atoms with van der Waals surface area (Å²) in [5, 5.41) is 0. The van der Waals surface area contributed by atoms with Crippen molar-refractivity contribution in [2.75, 3.05) is 0 Å². The molecular weight excluding hydrogens is 418 g/mol. The number of halogens is 2. The quantitative estimate of drug-likeness (QED) is 0.251. The van der Waals surface area contributed by atoms with Crippen LogP contribution in [0.2, 0.25) is 0 Å². The van der Waals surface area contributed by atoms with Crippen LogP contribution in [0.5, 0.6) is 5.75 Å². The molecule has 4 unspecified atom stereocenters. The van der Waals surface area contributed by atoms with Gasteiger partial charge in [-0.05, 0) is 118 Å². The Morgan fingerprint density at radius 1 is 1.00 bits per heavy atom. The van der Waals surface area contributed by atoms with E-state index in [1.54, 1.807) is 13.0 Å². The molecule has 2 aromatic rings. The highest BCUT2D eigenvalue weighted by atomic mass is 19.1. The van der Waals surface area contributed by atoms with Gasteiger partial charge in [0, 0.05) is 0 Å². The van der Waals surface area contributed by atoms with Gasteiger partial charge in [-0.15, -0.1) is 0 Å². The molecule has 0 N–H and O–H groups in total. The van der Waals surface area contributed by atoms with Crippen molar-refractivity contribution in [3.8, 4) is 5.75 Å². The largest absolute Gasteiger partial charge is 0.420 e. The lowest BCUT2D eigenvalue weighted by Crippen LogP contribution is -2.30. The molecule has 0 aromatic heterocycles. The number of hydrogen-bond acceptors (Lipinski definition) is 2. The fourth-order valence-electron chi connectivity index (χ4n) is 5.84. The topological polar surface area (TPSA) is 26.3 Å². The normalized spacial score (nSPS) is 25.1. The van der Waals surface area contributed by atoms with Crippen molar-refractivity contribution in [2.24, 2.45) is 17.8 Å². The molecule has 0 aliphatic heterocycles. The van der Waals surface area contributed by atoms with E-state index >= 15 is 0 Å². The SMILES string of the molecule is C/C=C/CCC1CCC2CC(c3ccc(C(=O)Oc4ccc(C)cc4F)c(F)c3)CCC2C1. The molecule has 2 aliphatic rings. The third-order valence-corrected chi connectivity index (χ3v) is 7.67. The Balaban J connectivity index is 1.37. The number of esters is 1. The molecule has 0 radical (unpaired) electrons.